The molecule has 0 spiro atoms. The molecular weight excluding hydrogens is 204 g/mol. The predicted octanol–water partition coefficient (Wildman–Crippen LogP) is 3.11. The van der Waals surface area contributed by atoms with E-state index >= 15 is 0 Å². The van der Waals surface area contributed by atoms with Gasteiger partial charge in [-0.1, -0.05) is 20.8 Å². The maximum Gasteiger partial charge on any atom is 0.0929 e. The lowest BCUT2D eigenvalue weighted by molar-refractivity contribution is 0.475. The Morgan fingerprint density at radius 2 is 1.87 bits per heavy atom. The Balaban J connectivity index is 2.62. The molecule has 0 unspecified atom stereocenters. The molecule has 3 heteroatoms. The third kappa shape index (κ3) is 4.31. The van der Waals surface area contributed by atoms with Crippen molar-refractivity contribution < 1.29 is 0 Å². The summed E-state index contributed by atoms with van der Waals surface area (Å²) in [4.78, 5) is 4.65. The highest BCUT2D eigenvalue weighted by molar-refractivity contribution is 7.09. The molecule has 2 N–H and O–H groups in total. The van der Waals surface area contributed by atoms with Crippen molar-refractivity contribution in [1.82, 2.24) is 4.98 Å². The Hall–Kier alpha value is -0.410. The Morgan fingerprint density at radius 3 is 2.27 bits per heavy atom. The van der Waals surface area contributed by atoms with Crippen LogP contribution in [0.2, 0.25) is 0 Å². The molecule has 1 aromatic rings. The van der Waals surface area contributed by atoms with Crippen LogP contribution >= 0.6 is 11.3 Å². The molecule has 15 heavy (non-hydrogen) atoms. The van der Waals surface area contributed by atoms with E-state index in [0.717, 1.165) is 12.8 Å². The van der Waals surface area contributed by atoms with Gasteiger partial charge in [0, 0.05) is 22.8 Å². The van der Waals surface area contributed by atoms with Gasteiger partial charge in [0.25, 0.3) is 0 Å². The molecule has 1 aromatic heterocycles. The minimum absolute atomic E-state index is 0.0897. The highest BCUT2D eigenvalue weighted by Gasteiger charge is 2.18. The van der Waals surface area contributed by atoms with Crippen molar-refractivity contribution in [3.63, 3.8) is 0 Å². The minimum atomic E-state index is -0.0897. The molecular formula is C12H22N2S. The zero-order chi connectivity index (χ0) is 11.7. The first-order valence-electron chi connectivity index (χ1n) is 5.42. The van der Waals surface area contributed by atoms with Crippen LogP contribution in [0.15, 0.2) is 5.38 Å². The summed E-state index contributed by atoms with van der Waals surface area (Å²) in [6, 6.07) is 0. The molecule has 0 aromatic carbocycles. The highest BCUT2D eigenvalue weighted by Crippen LogP contribution is 2.25. The average molecular weight is 226 g/mol. The summed E-state index contributed by atoms with van der Waals surface area (Å²) in [5, 5.41) is 3.37. The van der Waals surface area contributed by atoms with Gasteiger partial charge in [-0.3, -0.25) is 0 Å². The maximum atomic E-state index is 5.95. The third-order valence-electron chi connectivity index (χ3n) is 2.30. The molecule has 0 radical (unpaired) electrons. The smallest absolute Gasteiger partial charge is 0.0929 e. The molecule has 0 aliphatic carbocycles. The number of hydrogen-bond acceptors (Lipinski definition) is 3. The molecule has 0 aliphatic rings. The van der Waals surface area contributed by atoms with Gasteiger partial charge in [0.1, 0.15) is 0 Å². The maximum absolute atomic E-state index is 5.95. The number of aromatic nitrogens is 1. The van der Waals surface area contributed by atoms with E-state index in [4.69, 9.17) is 5.73 Å². The number of hydrogen-bond donors (Lipinski definition) is 1. The van der Waals surface area contributed by atoms with Gasteiger partial charge in [-0.2, -0.15) is 0 Å². The van der Waals surface area contributed by atoms with Crippen LogP contribution in [0.4, 0.5) is 0 Å². The van der Waals surface area contributed by atoms with Gasteiger partial charge in [-0.15, -0.1) is 11.3 Å². The van der Waals surface area contributed by atoms with Crippen molar-refractivity contribution in [3.8, 4) is 0 Å². The van der Waals surface area contributed by atoms with E-state index in [2.05, 4.69) is 45.0 Å². The van der Waals surface area contributed by atoms with Crippen LogP contribution in [0.3, 0.4) is 0 Å². The van der Waals surface area contributed by atoms with Crippen LogP contribution in [-0.2, 0) is 11.8 Å². The zero-order valence-electron chi connectivity index (χ0n) is 10.4. The molecule has 2 nitrogen and oxygen atoms in total. The molecule has 0 amide bonds. The van der Waals surface area contributed by atoms with Crippen molar-refractivity contribution >= 4 is 11.3 Å². The van der Waals surface area contributed by atoms with Crippen LogP contribution < -0.4 is 5.73 Å². The van der Waals surface area contributed by atoms with E-state index in [0.29, 0.717) is 0 Å². The quantitative estimate of drug-likeness (QED) is 0.860. The van der Waals surface area contributed by atoms with Crippen LogP contribution in [0.1, 0.15) is 51.7 Å². The topological polar surface area (TPSA) is 38.9 Å². The van der Waals surface area contributed by atoms with E-state index in [1.54, 1.807) is 11.3 Å². The normalized spacial score (nSPS) is 13.2. The molecule has 0 bridgehead atoms. The summed E-state index contributed by atoms with van der Waals surface area (Å²) < 4.78 is 0. The van der Waals surface area contributed by atoms with Gasteiger partial charge in [-0.25, -0.2) is 4.98 Å². The fourth-order valence-corrected chi connectivity index (χ4v) is 2.22. The molecule has 0 saturated heterocycles. The second kappa shape index (κ2) is 4.22. The summed E-state index contributed by atoms with van der Waals surface area (Å²) in [5.41, 5.74) is 7.21. The van der Waals surface area contributed by atoms with Gasteiger partial charge >= 0.3 is 0 Å². The summed E-state index contributed by atoms with van der Waals surface area (Å²) in [7, 11) is 0. The Bertz CT molecular complexity index is 315. The Kier molecular flexibility index (Phi) is 3.56. The average Bonchev–Trinajstić information content (AvgIpc) is 2.45. The van der Waals surface area contributed by atoms with Gasteiger partial charge in [-0.05, 0) is 20.3 Å². The van der Waals surface area contributed by atoms with Crippen molar-refractivity contribution in [2.75, 3.05) is 0 Å². The van der Waals surface area contributed by atoms with E-state index in [1.165, 1.54) is 10.7 Å². The van der Waals surface area contributed by atoms with Crippen molar-refractivity contribution in [3.05, 3.63) is 16.1 Å². The standard InChI is InChI=1S/C12H22N2S/c1-11(2,3)9-8-15-10(14-9)6-7-12(4,5)13/h8H,6-7,13H2,1-5H3. The number of aryl methyl sites for hydroxylation is 1. The molecule has 1 heterocycles. The van der Waals surface area contributed by atoms with E-state index in [1.807, 2.05) is 0 Å². The van der Waals surface area contributed by atoms with Crippen LogP contribution in [-0.4, -0.2) is 10.5 Å². The second-order valence-corrected chi connectivity index (χ2v) is 6.81. The van der Waals surface area contributed by atoms with Crippen molar-refractivity contribution in [1.29, 1.82) is 0 Å². The largest absolute Gasteiger partial charge is 0.326 e. The number of nitrogens with two attached hydrogens (primary N) is 1. The van der Waals surface area contributed by atoms with Gasteiger partial charge < -0.3 is 5.73 Å². The summed E-state index contributed by atoms with van der Waals surface area (Å²) in [6.45, 7) is 10.7. The van der Waals surface area contributed by atoms with Gasteiger partial charge in [0.2, 0.25) is 0 Å². The van der Waals surface area contributed by atoms with Crippen LogP contribution in [0.25, 0.3) is 0 Å². The Morgan fingerprint density at radius 1 is 1.27 bits per heavy atom. The molecule has 86 valence electrons. The Labute approximate surface area is 96.9 Å². The van der Waals surface area contributed by atoms with Gasteiger partial charge in [0.15, 0.2) is 0 Å². The summed E-state index contributed by atoms with van der Waals surface area (Å²) in [6.07, 6.45) is 1.98. The molecule has 1 rings (SSSR count). The minimum Gasteiger partial charge on any atom is -0.326 e. The van der Waals surface area contributed by atoms with E-state index in [9.17, 15) is 0 Å². The van der Waals surface area contributed by atoms with Crippen molar-refractivity contribution in [2.24, 2.45) is 5.73 Å². The lowest BCUT2D eigenvalue weighted by Gasteiger charge is -2.17. The summed E-state index contributed by atoms with van der Waals surface area (Å²) >= 11 is 1.75. The van der Waals surface area contributed by atoms with E-state index in [-0.39, 0.29) is 11.0 Å². The monoisotopic (exact) mass is 226 g/mol. The van der Waals surface area contributed by atoms with Crippen LogP contribution in [0.5, 0.6) is 0 Å². The highest BCUT2D eigenvalue weighted by atomic mass is 32.1. The number of nitrogens with zero attached hydrogens (tertiary/aromatic N) is 1. The molecule has 0 fully saturated rings. The first kappa shape index (κ1) is 12.7. The fourth-order valence-electron chi connectivity index (χ4n) is 1.20. The second-order valence-electron chi connectivity index (χ2n) is 5.87. The predicted molar refractivity (Wildman–Crippen MR) is 67.4 cm³/mol. The summed E-state index contributed by atoms with van der Waals surface area (Å²) in [5.74, 6) is 0. The lowest BCUT2D eigenvalue weighted by Crippen LogP contribution is -2.32. The third-order valence-corrected chi connectivity index (χ3v) is 3.21. The van der Waals surface area contributed by atoms with Gasteiger partial charge in [0.05, 0.1) is 10.7 Å². The van der Waals surface area contributed by atoms with Crippen LogP contribution in [0, 0.1) is 0 Å². The fraction of sp³-hybridized carbons (Fsp3) is 0.750. The molecule has 0 atom stereocenters. The first-order valence-corrected chi connectivity index (χ1v) is 6.30. The van der Waals surface area contributed by atoms with E-state index < -0.39 is 0 Å². The molecule has 0 saturated carbocycles. The number of thiazole rings is 1. The first-order chi connectivity index (χ1) is 6.68. The van der Waals surface area contributed by atoms with Crippen molar-refractivity contribution in [2.45, 2.75) is 58.4 Å². The zero-order valence-corrected chi connectivity index (χ0v) is 11.2. The molecule has 0 aliphatic heterocycles. The lowest BCUT2D eigenvalue weighted by atomic mass is 9.93. The number of rotatable bonds is 3. The SMILES string of the molecule is CC(C)(N)CCc1nc(C(C)(C)C)cs1.